The van der Waals surface area contributed by atoms with Crippen molar-refractivity contribution in [2.75, 3.05) is 5.43 Å². The van der Waals surface area contributed by atoms with Gasteiger partial charge in [0, 0.05) is 5.02 Å². The molecule has 0 aliphatic heterocycles. The standard InChI is InChI=1S/C9H4ClFN4/c10-6-1-7(11)3-8(2-6)14-15-9(4-12)5-13/h1-3,14H. The van der Waals surface area contributed by atoms with Crippen molar-refractivity contribution in [1.29, 1.82) is 10.5 Å². The zero-order valence-corrected chi connectivity index (χ0v) is 8.09. The number of hydrogen-bond donors (Lipinski definition) is 1. The Labute approximate surface area is 90.2 Å². The van der Waals surface area contributed by atoms with Gasteiger partial charge >= 0.3 is 0 Å². The average Bonchev–Trinajstić information content (AvgIpc) is 2.18. The van der Waals surface area contributed by atoms with Crippen LogP contribution in [0, 0.1) is 28.5 Å². The van der Waals surface area contributed by atoms with E-state index in [4.69, 9.17) is 22.1 Å². The Bertz CT molecular complexity index is 448. The zero-order chi connectivity index (χ0) is 11.3. The van der Waals surface area contributed by atoms with Gasteiger partial charge in [0.1, 0.15) is 18.0 Å². The van der Waals surface area contributed by atoms with Crippen LogP contribution in [0.1, 0.15) is 0 Å². The van der Waals surface area contributed by atoms with Crippen molar-refractivity contribution in [3.05, 3.63) is 29.0 Å². The van der Waals surface area contributed by atoms with E-state index >= 15 is 0 Å². The van der Waals surface area contributed by atoms with Crippen LogP contribution >= 0.6 is 11.6 Å². The molecule has 0 spiro atoms. The largest absolute Gasteiger partial charge is 0.276 e. The van der Waals surface area contributed by atoms with Gasteiger partial charge in [-0.15, -0.1) is 0 Å². The summed E-state index contributed by atoms with van der Waals surface area (Å²) in [4.78, 5) is 0. The van der Waals surface area contributed by atoms with Crippen LogP contribution in [0.5, 0.6) is 0 Å². The van der Waals surface area contributed by atoms with Crippen LogP contribution in [0.25, 0.3) is 0 Å². The first-order chi connectivity index (χ1) is 7.15. The lowest BCUT2D eigenvalue weighted by molar-refractivity contribution is 0.628. The van der Waals surface area contributed by atoms with Crippen molar-refractivity contribution in [3.63, 3.8) is 0 Å². The summed E-state index contributed by atoms with van der Waals surface area (Å²) in [6.07, 6.45) is 0. The molecule has 1 aromatic carbocycles. The first-order valence-corrected chi connectivity index (χ1v) is 4.13. The van der Waals surface area contributed by atoms with Crippen LogP contribution in [-0.4, -0.2) is 5.71 Å². The van der Waals surface area contributed by atoms with Crippen LogP contribution in [0.2, 0.25) is 5.02 Å². The number of rotatable bonds is 2. The van der Waals surface area contributed by atoms with Crippen LogP contribution < -0.4 is 5.43 Å². The van der Waals surface area contributed by atoms with Gasteiger partial charge in [0.15, 0.2) is 0 Å². The zero-order valence-electron chi connectivity index (χ0n) is 7.33. The molecule has 0 saturated heterocycles. The SMILES string of the molecule is N#CC(C#N)=NNc1cc(F)cc(Cl)c1. The fraction of sp³-hybridized carbons (Fsp3) is 0. The Morgan fingerprint density at radius 1 is 1.33 bits per heavy atom. The summed E-state index contributed by atoms with van der Waals surface area (Å²) in [5, 5.41) is 20.4. The summed E-state index contributed by atoms with van der Waals surface area (Å²) < 4.78 is 12.8. The molecule has 0 radical (unpaired) electrons. The number of hydrazone groups is 1. The van der Waals surface area contributed by atoms with E-state index in [-0.39, 0.29) is 16.4 Å². The molecule has 6 heteroatoms. The summed E-state index contributed by atoms with van der Waals surface area (Å²) in [5.41, 5.74) is 2.26. The highest BCUT2D eigenvalue weighted by Crippen LogP contribution is 2.17. The molecule has 0 amide bonds. The van der Waals surface area contributed by atoms with E-state index < -0.39 is 5.82 Å². The minimum absolute atomic E-state index is 0.197. The molecule has 0 fully saturated rings. The van der Waals surface area contributed by atoms with Gasteiger partial charge < -0.3 is 0 Å². The second-order valence-electron chi connectivity index (χ2n) is 2.45. The minimum Gasteiger partial charge on any atom is -0.276 e. The van der Waals surface area contributed by atoms with Gasteiger partial charge in [0.05, 0.1) is 5.69 Å². The van der Waals surface area contributed by atoms with E-state index in [1.165, 1.54) is 6.07 Å². The summed E-state index contributed by atoms with van der Waals surface area (Å²) >= 11 is 5.57. The number of nitrogens with zero attached hydrogens (tertiary/aromatic N) is 3. The maximum Gasteiger partial charge on any atom is 0.237 e. The average molecular weight is 223 g/mol. The van der Waals surface area contributed by atoms with Crippen LogP contribution in [0.3, 0.4) is 0 Å². The van der Waals surface area contributed by atoms with Crippen molar-refractivity contribution in [3.8, 4) is 12.1 Å². The lowest BCUT2D eigenvalue weighted by atomic mass is 10.3. The Morgan fingerprint density at radius 2 is 2.00 bits per heavy atom. The van der Waals surface area contributed by atoms with Crippen molar-refractivity contribution in [1.82, 2.24) is 0 Å². The fourth-order valence-electron chi connectivity index (χ4n) is 0.814. The van der Waals surface area contributed by atoms with Gasteiger partial charge in [-0.3, -0.25) is 5.43 Å². The summed E-state index contributed by atoms with van der Waals surface area (Å²) in [5.74, 6) is -0.532. The molecule has 0 aromatic heterocycles. The van der Waals surface area contributed by atoms with E-state index in [9.17, 15) is 4.39 Å². The molecule has 74 valence electrons. The molecular formula is C9H4ClFN4. The van der Waals surface area contributed by atoms with Crippen LogP contribution in [-0.2, 0) is 0 Å². The molecule has 0 atom stereocenters. The second kappa shape index (κ2) is 4.94. The number of anilines is 1. The van der Waals surface area contributed by atoms with Gasteiger partial charge in [-0.1, -0.05) is 11.6 Å². The summed E-state index contributed by atoms with van der Waals surface area (Å²) in [7, 11) is 0. The number of nitriles is 2. The molecule has 1 aromatic rings. The van der Waals surface area contributed by atoms with Crippen molar-refractivity contribution in [2.24, 2.45) is 5.10 Å². The summed E-state index contributed by atoms with van der Waals surface area (Å²) in [6.45, 7) is 0. The molecule has 0 saturated carbocycles. The highest BCUT2D eigenvalue weighted by atomic mass is 35.5. The maximum absolute atomic E-state index is 12.8. The quantitative estimate of drug-likeness (QED) is 0.616. The van der Waals surface area contributed by atoms with Gasteiger partial charge in [0.25, 0.3) is 0 Å². The number of nitrogens with one attached hydrogen (secondary N) is 1. The molecule has 15 heavy (non-hydrogen) atoms. The van der Waals surface area contributed by atoms with Crippen LogP contribution in [0.15, 0.2) is 23.3 Å². The number of benzene rings is 1. The Balaban J connectivity index is 2.88. The van der Waals surface area contributed by atoms with E-state index in [0.29, 0.717) is 0 Å². The molecule has 0 unspecified atom stereocenters. The molecule has 1 rings (SSSR count). The lowest BCUT2D eigenvalue weighted by Gasteiger charge is -2.00. The molecular weight excluding hydrogens is 219 g/mol. The first-order valence-electron chi connectivity index (χ1n) is 3.75. The molecule has 1 N–H and O–H groups in total. The van der Waals surface area contributed by atoms with Gasteiger partial charge in [-0.25, -0.2) is 4.39 Å². The molecule has 0 bridgehead atoms. The topological polar surface area (TPSA) is 72.0 Å². The third-order valence-electron chi connectivity index (χ3n) is 1.37. The third-order valence-corrected chi connectivity index (χ3v) is 1.59. The van der Waals surface area contributed by atoms with E-state index in [1.807, 2.05) is 0 Å². The van der Waals surface area contributed by atoms with E-state index in [0.717, 1.165) is 12.1 Å². The summed E-state index contributed by atoms with van der Waals surface area (Å²) in [6, 6.07) is 6.79. The predicted molar refractivity (Wildman–Crippen MR) is 53.7 cm³/mol. The highest BCUT2D eigenvalue weighted by Gasteiger charge is 1.99. The fourth-order valence-corrected chi connectivity index (χ4v) is 1.04. The first kappa shape index (κ1) is 11.0. The predicted octanol–water partition coefficient (Wildman–Crippen LogP) is 2.29. The van der Waals surface area contributed by atoms with Crippen molar-refractivity contribution >= 4 is 23.0 Å². The van der Waals surface area contributed by atoms with Crippen molar-refractivity contribution < 1.29 is 4.39 Å². The molecule has 0 aliphatic rings. The van der Waals surface area contributed by atoms with E-state index in [1.54, 1.807) is 12.1 Å². The van der Waals surface area contributed by atoms with Crippen LogP contribution in [0.4, 0.5) is 10.1 Å². The number of hydrogen-bond acceptors (Lipinski definition) is 4. The van der Waals surface area contributed by atoms with Gasteiger partial charge in [-0.2, -0.15) is 15.6 Å². The third kappa shape index (κ3) is 3.26. The smallest absolute Gasteiger partial charge is 0.237 e. The normalized spacial score (nSPS) is 8.53. The van der Waals surface area contributed by atoms with E-state index in [2.05, 4.69) is 10.5 Å². The Kier molecular flexibility index (Phi) is 3.61. The molecule has 0 aliphatic carbocycles. The Morgan fingerprint density at radius 3 is 2.53 bits per heavy atom. The second-order valence-corrected chi connectivity index (χ2v) is 2.89. The Hall–Kier alpha value is -2.11. The minimum atomic E-state index is -0.532. The van der Waals surface area contributed by atoms with Crippen molar-refractivity contribution in [2.45, 2.75) is 0 Å². The maximum atomic E-state index is 12.8. The monoisotopic (exact) mass is 222 g/mol. The van der Waals surface area contributed by atoms with Gasteiger partial charge in [-0.05, 0) is 18.2 Å². The number of halogens is 2. The van der Waals surface area contributed by atoms with Gasteiger partial charge in [0.2, 0.25) is 5.71 Å². The lowest BCUT2D eigenvalue weighted by Crippen LogP contribution is -1.96. The molecule has 0 heterocycles. The molecule has 4 nitrogen and oxygen atoms in total. The highest BCUT2D eigenvalue weighted by molar-refractivity contribution is 6.30.